The number of aromatic nitrogens is 4. The van der Waals surface area contributed by atoms with Crippen molar-refractivity contribution in [2.45, 2.75) is 31.2 Å². The van der Waals surface area contributed by atoms with Gasteiger partial charge in [-0.05, 0) is 67.3 Å². The second-order valence-electron chi connectivity index (χ2n) is 9.12. The highest BCUT2D eigenvalue weighted by molar-refractivity contribution is 5.90. The van der Waals surface area contributed by atoms with Gasteiger partial charge in [-0.15, -0.1) is 10.2 Å². The van der Waals surface area contributed by atoms with Crippen LogP contribution in [0, 0.1) is 5.92 Å². The monoisotopic (exact) mass is 426 g/mol. The van der Waals surface area contributed by atoms with Crippen molar-refractivity contribution in [3.05, 3.63) is 72.2 Å². The van der Waals surface area contributed by atoms with E-state index in [9.17, 15) is 4.79 Å². The third kappa shape index (κ3) is 3.29. The molecular formula is C25H26N6O. The summed E-state index contributed by atoms with van der Waals surface area (Å²) in [5, 5.41) is 12.7. The first-order valence-corrected chi connectivity index (χ1v) is 11.2. The van der Waals surface area contributed by atoms with Crippen LogP contribution in [0.4, 0.5) is 5.82 Å². The number of piperidine rings is 1. The number of nitrogens with one attached hydrogen (secondary N) is 2. The van der Waals surface area contributed by atoms with Crippen LogP contribution in [0.3, 0.4) is 0 Å². The smallest absolute Gasteiger partial charge is 0.225 e. The number of rotatable bonds is 4. The maximum absolute atomic E-state index is 12.8. The zero-order valence-corrected chi connectivity index (χ0v) is 18.0. The Morgan fingerprint density at radius 2 is 2.03 bits per heavy atom. The van der Waals surface area contributed by atoms with Crippen LogP contribution in [-0.2, 0) is 11.2 Å². The van der Waals surface area contributed by atoms with E-state index in [1.807, 2.05) is 35.2 Å². The van der Waals surface area contributed by atoms with E-state index in [1.54, 1.807) is 6.07 Å². The van der Waals surface area contributed by atoms with Crippen molar-refractivity contribution in [2.75, 3.05) is 18.9 Å². The molecule has 2 aliphatic rings. The fourth-order valence-electron chi connectivity index (χ4n) is 5.67. The molecule has 0 saturated carbocycles. The van der Waals surface area contributed by atoms with Crippen molar-refractivity contribution in [1.82, 2.24) is 24.6 Å². The molecule has 7 nitrogen and oxygen atoms in total. The Balaban J connectivity index is 1.15. The molecule has 3 atom stereocenters. The molecule has 1 fully saturated rings. The summed E-state index contributed by atoms with van der Waals surface area (Å²) in [5.41, 5.74) is 4.07. The standard InChI is InChI=1S/C25H26N6O/c1-30-15-16(11-19-18-5-4-6-20-25(18)17(14-26-20)13-21(19)30)12-24(32)27-22-7-8-23(29-28-22)31-9-2-3-10-31/h2-10,14,16,19,21,26H,11-13,15H2,1H3,(H,27,28,32)/t16-,19?,21+/m0/s1. The molecule has 3 aromatic heterocycles. The van der Waals surface area contributed by atoms with Crippen LogP contribution in [-0.4, -0.2) is 50.2 Å². The van der Waals surface area contributed by atoms with Gasteiger partial charge in [-0.2, -0.15) is 0 Å². The number of fused-ring (bicyclic) bond motifs is 2. The van der Waals surface area contributed by atoms with Gasteiger partial charge in [-0.25, -0.2) is 0 Å². The molecule has 162 valence electrons. The number of anilines is 1. The van der Waals surface area contributed by atoms with Gasteiger partial charge in [0.05, 0.1) is 0 Å². The van der Waals surface area contributed by atoms with E-state index in [0.29, 0.717) is 30.1 Å². The van der Waals surface area contributed by atoms with Crippen LogP contribution in [0.5, 0.6) is 0 Å². The molecule has 6 rings (SSSR count). The summed E-state index contributed by atoms with van der Waals surface area (Å²) in [6.07, 6.45) is 8.59. The summed E-state index contributed by atoms with van der Waals surface area (Å²) >= 11 is 0. The van der Waals surface area contributed by atoms with Gasteiger partial charge in [0.25, 0.3) is 0 Å². The fourth-order valence-corrected chi connectivity index (χ4v) is 5.67. The summed E-state index contributed by atoms with van der Waals surface area (Å²) in [6.45, 7) is 0.933. The van der Waals surface area contributed by atoms with Crippen molar-refractivity contribution in [3.63, 3.8) is 0 Å². The average Bonchev–Trinajstić information content (AvgIpc) is 3.47. The Labute approximate surface area is 186 Å². The van der Waals surface area contributed by atoms with E-state index >= 15 is 0 Å². The number of carbonyl (C=O) groups excluding carboxylic acids is 1. The van der Waals surface area contributed by atoms with Gasteiger partial charge < -0.3 is 19.8 Å². The minimum Gasteiger partial charge on any atom is -0.361 e. The van der Waals surface area contributed by atoms with E-state index in [2.05, 4.69) is 56.8 Å². The molecule has 4 heterocycles. The first-order chi connectivity index (χ1) is 15.7. The van der Waals surface area contributed by atoms with E-state index in [0.717, 1.165) is 25.2 Å². The molecule has 1 aliphatic carbocycles. The molecule has 1 aliphatic heterocycles. The number of nitrogens with zero attached hydrogens (tertiary/aromatic N) is 4. The number of benzene rings is 1. The number of hydrogen-bond donors (Lipinski definition) is 2. The van der Waals surface area contributed by atoms with Crippen molar-refractivity contribution < 1.29 is 4.79 Å². The Morgan fingerprint density at radius 3 is 2.84 bits per heavy atom. The van der Waals surface area contributed by atoms with Gasteiger partial charge in [0.1, 0.15) is 0 Å². The highest BCUT2D eigenvalue weighted by Gasteiger charge is 2.39. The van der Waals surface area contributed by atoms with Crippen LogP contribution in [0.2, 0.25) is 0 Å². The maximum atomic E-state index is 12.8. The average molecular weight is 427 g/mol. The number of carbonyl (C=O) groups is 1. The van der Waals surface area contributed by atoms with Crippen LogP contribution in [0.15, 0.2) is 61.1 Å². The fraction of sp³-hybridized carbons (Fsp3) is 0.320. The number of likely N-dealkylation sites (tertiary alicyclic amines) is 1. The third-order valence-electron chi connectivity index (χ3n) is 7.07. The molecule has 1 saturated heterocycles. The lowest BCUT2D eigenvalue weighted by Gasteiger charge is -2.45. The molecule has 32 heavy (non-hydrogen) atoms. The predicted octanol–water partition coefficient (Wildman–Crippen LogP) is 3.74. The molecule has 1 unspecified atom stereocenters. The summed E-state index contributed by atoms with van der Waals surface area (Å²) in [4.78, 5) is 18.7. The second kappa shape index (κ2) is 7.60. The number of amides is 1. The quantitative estimate of drug-likeness (QED) is 0.521. The largest absolute Gasteiger partial charge is 0.361 e. The van der Waals surface area contributed by atoms with Crippen LogP contribution < -0.4 is 5.32 Å². The molecular weight excluding hydrogens is 400 g/mol. The number of aromatic amines is 1. The predicted molar refractivity (Wildman–Crippen MR) is 124 cm³/mol. The lowest BCUT2D eigenvalue weighted by molar-refractivity contribution is -0.117. The molecule has 4 aromatic rings. The highest BCUT2D eigenvalue weighted by Crippen LogP contribution is 2.44. The van der Waals surface area contributed by atoms with Gasteiger partial charge in [0.2, 0.25) is 5.91 Å². The third-order valence-corrected chi connectivity index (χ3v) is 7.07. The minimum absolute atomic E-state index is 0.00113. The molecule has 0 radical (unpaired) electrons. The van der Waals surface area contributed by atoms with Gasteiger partial charge >= 0.3 is 0 Å². The van der Waals surface area contributed by atoms with Gasteiger partial charge in [0.15, 0.2) is 11.6 Å². The van der Waals surface area contributed by atoms with E-state index in [4.69, 9.17) is 0 Å². The number of likely N-dealkylation sites (N-methyl/N-ethyl adjacent to an activating group) is 1. The van der Waals surface area contributed by atoms with Crippen molar-refractivity contribution in [1.29, 1.82) is 0 Å². The van der Waals surface area contributed by atoms with Crippen molar-refractivity contribution >= 4 is 22.6 Å². The molecule has 0 bridgehead atoms. The van der Waals surface area contributed by atoms with E-state index in [-0.39, 0.29) is 5.91 Å². The van der Waals surface area contributed by atoms with Gasteiger partial charge in [0, 0.05) is 54.4 Å². The SMILES string of the molecule is CN1C[C@H](CC(=O)Nc2ccc(-n3cccc3)nn2)CC2c3cccc4[nH]cc(c34)C[C@H]21. The minimum atomic E-state index is 0.00113. The highest BCUT2D eigenvalue weighted by atomic mass is 16.1. The Kier molecular flexibility index (Phi) is 4.57. The van der Waals surface area contributed by atoms with Crippen molar-refractivity contribution in [3.8, 4) is 5.82 Å². The van der Waals surface area contributed by atoms with E-state index in [1.165, 1.54) is 22.0 Å². The second-order valence-corrected chi connectivity index (χ2v) is 9.12. The Bertz CT molecular complexity index is 1260. The molecule has 1 amide bonds. The zero-order chi connectivity index (χ0) is 21.7. The summed E-state index contributed by atoms with van der Waals surface area (Å²) in [5.74, 6) is 1.99. The van der Waals surface area contributed by atoms with E-state index < -0.39 is 0 Å². The summed E-state index contributed by atoms with van der Waals surface area (Å²) < 4.78 is 1.88. The molecule has 0 spiro atoms. The first-order valence-electron chi connectivity index (χ1n) is 11.2. The molecule has 2 N–H and O–H groups in total. The van der Waals surface area contributed by atoms with Crippen LogP contribution in [0.25, 0.3) is 16.7 Å². The van der Waals surface area contributed by atoms with Gasteiger partial charge in [-0.1, -0.05) is 12.1 Å². The lowest BCUT2D eigenvalue weighted by atomic mass is 9.72. The normalized spacial score (nSPS) is 22.6. The molecule has 7 heteroatoms. The topological polar surface area (TPSA) is 78.8 Å². The summed E-state index contributed by atoms with van der Waals surface area (Å²) in [7, 11) is 2.20. The maximum Gasteiger partial charge on any atom is 0.225 e. The zero-order valence-electron chi connectivity index (χ0n) is 18.0. The molecule has 1 aromatic carbocycles. The van der Waals surface area contributed by atoms with Gasteiger partial charge in [-0.3, -0.25) is 4.79 Å². The Hall–Kier alpha value is -3.45. The number of H-pyrrole nitrogens is 1. The van der Waals surface area contributed by atoms with Crippen LogP contribution in [0.1, 0.15) is 29.9 Å². The summed E-state index contributed by atoms with van der Waals surface area (Å²) in [6, 6.07) is 14.6. The first kappa shape index (κ1) is 19.3. The Morgan fingerprint density at radius 1 is 1.16 bits per heavy atom. The number of hydrogen-bond acceptors (Lipinski definition) is 4. The van der Waals surface area contributed by atoms with Crippen LogP contribution >= 0.6 is 0 Å². The lowest BCUT2D eigenvalue weighted by Crippen LogP contribution is -2.48. The van der Waals surface area contributed by atoms with Crippen molar-refractivity contribution in [2.24, 2.45) is 5.92 Å².